The summed E-state index contributed by atoms with van der Waals surface area (Å²) < 4.78 is 5.31. The van der Waals surface area contributed by atoms with Crippen LogP contribution in [0.2, 0.25) is 0 Å². The van der Waals surface area contributed by atoms with Gasteiger partial charge in [-0.1, -0.05) is 18.6 Å². The molecule has 0 unspecified atom stereocenters. The molecule has 0 aromatic heterocycles. The summed E-state index contributed by atoms with van der Waals surface area (Å²) in [6, 6.07) is 8.43. The van der Waals surface area contributed by atoms with Gasteiger partial charge in [0.2, 0.25) is 0 Å². The Hall–Kier alpha value is -1.06. The maximum absolute atomic E-state index is 10.8. The predicted octanol–water partition coefficient (Wildman–Crippen LogP) is 3.60. The normalized spacial score (nSPS) is 23.4. The summed E-state index contributed by atoms with van der Waals surface area (Å²) in [7, 11) is 1.72. The van der Waals surface area contributed by atoms with Gasteiger partial charge in [0.1, 0.15) is 11.5 Å². The maximum Gasteiger partial charge on any atom is 0.119 e. The minimum atomic E-state index is -0.501. The van der Waals surface area contributed by atoms with Gasteiger partial charge in [-0.2, -0.15) is 0 Å². The van der Waals surface area contributed by atoms with Crippen LogP contribution in [-0.2, 0) is 6.42 Å². The summed E-state index contributed by atoms with van der Waals surface area (Å²) in [6.45, 7) is 2.09. The topological polar surface area (TPSA) is 32.7 Å². The zero-order valence-electron chi connectivity index (χ0n) is 13.8. The number of benzene rings is 1. The first-order valence-electron chi connectivity index (χ1n) is 8.80. The number of hydrogen-bond acceptors (Lipinski definition) is 3. The number of ether oxygens (including phenoxy) is 1. The highest BCUT2D eigenvalue weighted by Crippen LogP contribution is 2.34. The van der Waals surface area contributed by atoms with Crippen LogP contribution in [0.25, 0.3) is 0 Å². The molecule has 1 aliphatic heterocycles. The van der Waals surface area contributed by atoms with Crippen molar-refractivity contribution < 1.29 is 9.84 Å². The molecule has 0 bridgehead atoms. The van der Waals surface area contributed by atoms with Crippen LogP contribution in [0.3, 0.4) is 0 Å². The number of piperidine rings is 1. The summed E-state index contributed by atoms with van der Waals surface area (Å²) in [4.78, 5) is 2.36. The van der Waals surface area contributed by atoms with E-state index in [1.54, 1.807) is 7.11 Å². The molecular formula is C19H29NO2. The molecule has 2 fully saturated rings. The van der Waals surface area contributed by atoms with Crippen molar-refractivity contribution in [3.8, 4) is 5.75 Å². The van der Waals surface area contributed by atoms with E-state index < -0.39 is 5.72 Å². The van der Waals surface area contributed by atoms with Crippen molar-refractivity contribution >= 4 is 0 Å². The molecule has 1 heterocycles. The number of rotatable bonds is 4. The lowest BCUT2D eigenvalue weighted by Crippen LogP contribution is -2.53. The minimum absolute atomic E-state index is 0.501. The van der Waals surface area contributed by atoms with Gasteiger partial charge in [-0.05, 0) is 68.6 Å². The van der Waals surface area contributed by atoms with Crippen LogP contribution >= 0.6 is 0 Å². The Kier molecular flexibility index (Phi) is 5.04. The van der Waals surface area contributed by atoms with E-state index in [2.05, 4.69) is 23.1 Å². The Morgan fingerprint density at radius 3 is 2.59 bits per heavy atom. The van der Waals surface area contributed by atoms with Crippen molar-refractivity contribution in [2.75, 3.05) is 20.2 Å². The Morgan fingerprint density at radius 1 is 1.18 bits per heavy atom. The summed E-state index contributed by atoms with van der Waals surface area (Å²) >= 11 is 0. The highest BCUT2D eigenvalue weighted by Gasteiger charge is 2.37. The van der Waals surface area contributed by atoms with E-state index in [-0.39, 0.29) is 0 Å². The van der Waals surface area contributed by atoms with E-state index in [0.717, 1.165) is 44.0 Å². The Labute approximate surface area is 134 Å². The van der Waals surface area contributed by atoms with E-state index in [1.807, 2.05) is 6.07 Å². The van der Waals surface area contributed by atoms with Gasteiger partial charge in [-0.3, -0.25) is 4.90 Å². The SMILES string of the molecule is COc1cccc(CC2CCN(C3(O)CCCCC3)CC2)c1. The van der Waals surface area contributed by atoms with Crippen LogP contribution in [0, 0.1) is 5.92 Å². The fourth-order valence-electron chi connectivity index (χ4n) is 4.12. The summed E-state index contributed by atoms with van der Waals surface area (Å²) in [6.07, 6.45) is 9.10. The lowest BCUT2D eigenvalue weighted by molar-refractivity contribution is -0.142. The molecule has 1 saturated carbocycles. The van der Waals surface area contributed by atoms with Gasteiger partial charge >= 0.3 is 0 Å². The molecule has 3 heteroatoms. The molecule has 122 valence electrons. The molecule has 1 aliphatic carbocycles. The molecule has 1 saturated heterocycles. The average molecular weight is 303 g/mol. The number of likely N-dealkylation sites (tertiary alicyclic amines) is 1. The monoisotopic (exact) mass is 303 g/mol. The third-order valence-corrected chi connectivity index (χ3v) is 5.52. The summed E-state index contributed by atoms with van der Waals surface area (Å²) in [5, 5.41) is 10.8. The molecule has 22 heavy (non-hydrogen) atoms. The lowest BCUT2D eigenvalue weighted by atomic mass is 9.85. The molecule has 0 atom stereocenters. The van der Waals surface area contributed by atoms with Crippen LogP contribution in [-0.4, -0.2) is 35.9 Å². The van der Waals surface area contributed by atoms with E-state index in [9.17, 15) is 5.11 Å². The second-order valence-electron chi connectivity index (χ2n) is 7.03. The highest BCUT2D eigenvalue weighted by atomic mass is 16.5. The minimum Gasteiger partial charge on any atom is -0.497 e. The fourth-order valence-corrected chi connectivity index (χ4v) is 4.12. The summed E-state index contributed by atoms with van der Waals surface area (Å²) in [5.74, 6) is 1.68. The van der Waals surface area contributed by atoms with Gasteiger partial charge in [0, 0.05) is 13.1 Å². The van der Waals surface area contributed by atoms with Gasteiger partial charge in [-0.25, -0.2) is 0 Å². The van der Waals surface area contributed by atoms with Crippen molar-refractivity contribution in [2.24, 2.45) is 5.92 Å². The molecular weight excluding hydrogens is 274 g/mol. The zero-order chi connectivity index (χ0) is 15.4. The van der Waals surface area contributed by atoms with Crippen LogP contribution in [0.4, 0.5) is 0 Å². The Bertz CT molecular complexity index is 474. The Balaban J connectivity index is 1.53. The van der Waals surface area contributed by atoms with Crippen LogP contribution in [0.15, 0.2) is 24.3 Å². The first kappa shape index (κ1) is 15.8. The average Bonchev–Trinajstić information content (AvgIpc) is 2.56. The van der Waals surface area contributed by atoms with Gasteiger partial charge < -0.3 is 9.84 Å². The fraction of sp³-hybridized carbons (Fsp3) is 0.684. The number of hydrogen-bond donors (Lipinski definition) is 1. The van der Waals surface area contributed by atoms with Gasteiger partial charge in [0.15, 0.2) is 0 Å². The molecule has 3 nitrogen and oxygen atoms in total. The molecule has 1 aromatic rings. The molecule has 3 rings (SSSR count). The van der Waals surface area contributed by atoms with E-state index in [4.69, 9.17) is 4.74 Å². The van der Waals surface area contributed by atoms with Gasteiger partial charge in [0.25, 0.3) is 0 Å². The molecule has 2 aliphatic rings. The van der Waals surface area contributed by atoms with Gasteiger partial charge in [-0.15, -0.1) is 0 Å². The molecule has 0 spiro atoms. The third kappa shape index (κ3) is 3.64. The molecule has 0 radical (unpaired) electrons. The first-order valence-corrected chi connectivity index (χ1v) is 8.80. The smallest absolute Gasteiger partial charge is 0.119 e. The molecule has 1 aromatic carbocycles. The second-order valence-corrected chi connectivity index (χ2v) is 7.03. The number of nitrogens with zero attached hydrogens (tertiary/aromatic N) is 1. The van der Waals surface area contributed by atoms with Crippen molar-refractivity contribution in [1.29, 1.82) is 0 Å². The van der Waals surface area contributed by atoms with E-state index in [1.165, 1.54) is 37.7 Å². The van der Waals surface area contributed by atoms with Crippen LogP contribution in [0.5, 0.6) is 5.75 Å². The van der Waals surface area contributed by atoms with E-state index in [0.29, 0.717) is 0 Å². The second kappa shape index (κ2) is 7.01. The first-order chi connectivity index (χ1) is 10.7. The van der Waals surface area contributed by atoms with Crippen molar-refractivity contribution in [1.82, 2.24) is 4.90 Å². The largest absolute Gasteiger partial charge is 0.497 e. The molecule has 1 N–H and O–H groups in total. The number of aliphatic hydroxyl groups is 1. The quantitative estimate of drug-likeness (QED) is 0.922. The number of methoxy groups -OCH3 is 1. The van der Waals surface area contributed by atoms with Gasteiger partial charge in [0.05, 0.1) is 7.11 Å². The lowest BCUT2D eigenvalue weighted by Gasteiger charge is -2.45. The van der Waals surface area contributed by atoms with Crippen molar-refractivity contribution in [3.05, 3.63) is 29.8 Å². The predicted molar refractivity (Wildman–Crippen MR) is 89.0 cm³/mol. The standard InChI is InChI=1S/C19H29NO2/c1-22-18-7-5-6-17(15-18)14-16-8-12-20(13-9-16)19(21)10-3-2-4-11-19/h5-7,15-16,21H,2-4,8-14H2,1H3. The Morgan fingerprint density at radius 2 is 1.91 bits per heavy atom. The maximum atomic E-state index is 10.8. The molecule has 0 amide bonds. The highest BCUT2D eigenvalue weighted by molar-refractivity contribution is 5.28. The zero-order valence-corrected chi connectivity index (χ0v) is 13.8. The van der Waals surface area contributed by atoms with Crippen molar-refractivity contribution in [2.45, 2.75) is 57.1 Å². The van der Waals surface area contributed by atoms with E-state index >= 15 is 0 Å². The summed E-state index contributed by atoms with van der Waals surface area (Å²) in [5.41, 5.74) is 0.869. The van der Waals surface area contributed by atoms with Crippen LogP contribution in [0.1, 0.15) is 50.5 Å². The third-order valence-electron chi connectivity index (χ3n) is 5.52. The van der Waals surface area contributed by atoms with Crippen molar-refractivity contribution in [3.63, 3.8) is 0 Å². The van der Waals surface area contributed by atoms with Crippen LogP contribution < -0.4 is 4.74 Å².